The highest BCUT2D eigenvalue weighted by Gasteiger charge is 2.25. The van der Waals surface area contributed by atoms with E-state index in [-0.39, 0.29) is 24.2 Å². The number of nitrogens with one attached hydrogen (secondary N) is 2. The molecule has 0 atom stereocenters. The van der Waals surface area contributed by atoms with E-state index < -0.39 is 6.09 Å². The van der Waals surface area contributed by atoms with Crippen LogP contribution in [-0.4, -0.2) is 52.9 Å². The Morgan fingerprint density at radius 1 is 1.32 bits per heavy atom. The molecule has 1 aromatic carbocycles. The van der Waals surface area contributed by atoms with E-state index in [9.17, 15) is 14.0 Å². The van der Waals surface area contributed by atoms with Crippen molar-refractivity contribution < 1.29 is 18.7 Å². The van der Waals surface area contributed by atoms with Crippen LogP contribution in [-0.2, 0) is 22.6 Å². The van der Waals surface area contributed by atoms with Crippen molar-refractivity contribution in [2.75, 3.05) is 31.6 Å². The molecular weight excluding hydrogens is 441 g/mol. The number of amides is 2. The van der Waals surface area contributed by atoms with Gasteiger partial charge in [0.05, 0.1) is 13.3 Å². The van der Waals surface area contributed by atoms with Crippen molar-refractivity contribution in [2.45, 2.75) is 32.9 Å². The molecule has 0 saturated carbocycles. The largest absolute Gasteiger partial charge is 0.450 e. The van der Waals surface area contributed by atoms with Crippen LogP contribution >= 0.6 is 23.6 Å². The van der Waals surface area contributed by atoms with E-state index in [4.69, 9.17) is 17.0 Å². The Kier molecular flexibility index (Phi) is 8.50. The third-order valence-corrected chi connectivity index (χ3v) is 6.26. The number of hydrogen-bond donors (Lipinski definition) is 2. The molecule has 0 radical (unpaired) electrons. The van der Waals surface area contributed by atoms with Crippen LogP contribution in [0.1, 0.15) is 25.3 Å². The second-order valence-electron chi connectivity index (χ2n) is 7.18. The zero-order chi connectivity index (χ0) is 22.2. The SMILES string of the molecule is CCOC(=O)Nc1nn(CN2CCC(C(=O)NCCc3ccccc3F)CC2)c(=S)s1. The number of ether oxygens (including phenoxy) is 1. The molecule has 0 spiro atoms. The monoisotopic (exact) mass is 467 g/mol. The quantitative estimate of drug-likeness (QED) is 0.579. The number of rotatable bonds is 8. The van der Waals surface area contributed by atoms with Gasteiger partial charge in [-0.05, 0) is 50.0 Å². The summed E-state index contributed by atoms with van der Waals surface area (Å²) in [5, 5.41) is 10.2. The first-order chi connectivity index (χ1) is 15.0. The summed E-state index contributed by atoms with van der Waals surface area (Å²) >= 11 is 6.54. The fraction of sp³-hybridized carbons (Fsp3) is 0.500. The van der Waals surface area contributed by atoms with E-state index in [0.717, 1.165) is 25.9 Å². The molecule has 168 valence electrons. The van der Waals surface area contributed by atoms with Gasteiger partial charge in [0.2, 0.25) is 11.0 Å². The van der Waals surface area contributed by atoms with Crippen molar-refractivity contribution >= 4 is 40.7 Å². The number of hydrogen-bond acceptors (Lipinski definition) is 7. The molecule has 0 aliphatic carbocycles. The summed E-state index contributed by atoms with van der Waals surface area (Å²) in [6.07, 6.45) is 1.38. The maximum atomic E-state index is 13.7. The minimum Gasteiger partial charge on any atom is -0.450 e. The lowest BCUT2D eigenvalue weighted by molar-refractivity contribution is -0.126. The predicted molar refractivity (Wildman–Crippen MR) is 119 cm³/mol. The van der Waals surface area contributed by atoms with E-state index in [1.54, 1.807) is 29.8 Å². The standard InChI is InChI=1S/C20H26FN5O3S2/c1-2-29-19(28)23-18-24-26(20(30)31-18)13-25-11-8-15(9-12-25)17(27)22-10-7-14-5-3-4-6-16(14)21/h3-6,15H,2,7-13H2,1H3,(H,22,27)(H,23,24,28). The predicted octanol–water partition coefficient (Wildman–Crippen LogP) is 3.41. The fourth-order valence-corrected chi connectivity index (χ4v) is 4.37. The van der Waals surface area contributed by atoms with Gasteiger partial charge in [0.25, 0.3) is 0 Å². The zero-order valence-electron chi connectivity index (χ0n) is 17.3. The molecule has 1 fully saturated rings. The minimum absolute atomic E-state index is 0.0159. The lowest BCUT2D eigenvalue weighted by atomic mass is 9.96. The lowest BCUT2D eigenvalue weighted by Crippen LogP contribution is -2.41. The van der Waals surface area contributed by atoms with Crippen molar-refractivity contribution in [3.8, 4) is 0 Å². The molecular formula is C20H26FN5O3S2. The summed E-state index contributed by atoms with van der Waals surface area (Å²) in [5.74, 6) is -0.283. The normalized spacial score (nSPS) is 14.9. The summed E-state index contributed by atoms with van der Waals surface area (Å²) < 4.78 is 20.7. The average molecular weight is 468 g/mol. The van der Waals surface area contributed by atoms with Gasteiger partial charge in [-0.25, -0.2) is 13.9 Å². The van der Waals surface area contributed by atoms with Crippen molar-refractivity contribution in [2.24, 2.45) is 5.92 Å². The number of carbonyl (C=O) groups excluding carboxylic acids is 2. The Labute approximate surface area is 189 Å². The molecule has 0 unspecified atom stereocenters. The van der Waals surface area contributed by atoms with E-state index in [1.807, 2.05) is 0 Å². The zero-order valence-corrected chi connectivity index (χ0v) is 18.9. The third kappa shape index (κ3) is 6.81. The third-order valence-electron chi connectivity index (χ3n) is 5.03. The second kappa shape index (κ2) is 11.3. The van der Waals surface area contributed by atoms with Crippen LogP contribution in [0.3, 0.4) is 0 Å². The van der Waals surface area contributed by atoms with Gasteiger partial charge in [0, 0.05) is 25.6 Å². The first-order valence-corrected chi connectivity index (χ1v) is 11.4. The smallest absolute Gasteiger partial charge is 0.413 e. The first-order valence-electron chi connectivity index (χ1n) is 10.2. The summed E-state index contributed by atoms with van der Waals surface area (Å²) in [4.78, 5) is 26.1. The number of nitrogens with zero attached hydrogens (tertiary/aromatic N) is 3. The minimum atomic E-state index is -0.555. The molecule has 3 rings (SSSR count). The molecule has 8 nitrogen and oxygen atoms in total. The van der Waals surface area contributed by atoms with Crippen molar-refractivity contribution in [1.29, 1.82) is 0 Å². The number of aromatic nitrogens is 2. The number of likely N-dealkylation sites (tertiary alicyclic amines) is 1. The van der Waals surface area contributed by atoms with Crippen molar-refractivity contribution in [1.82, 2.24) is 20.0 Å². The summed E-state index contributed by atoms with van der Waals surface area (Å²) in [5.41, 5.74) is 0.606. The van der Waals surface area contributed by atoms with Crippen LogP contribution < -0.4 is 10.6 Å². The Balaban J connectivity index is 1.42. The van der Waals surface area contributed by atoms with Gasteiger partial charge < -0.3 is 10.1 Å². The van der Waals surface area contributed by atoms with Gasteiger partial charge in [-0.2, -0.15) is 0 Å². The van der Waals surface area contributed by atoms with Crippen LogP contribution in [0, 0.1) is 15.7 Å². The van der Waals surface area contributed by atoms with E-state index in [2.05, 4.69) is 20.6 Å². The number of carbonyl (C=O) groups is 2. The number of anilines is 1. The van der Waals surface area contributed by atoms with Crippen LogP contribution in [0.2, 0.25) is 0 Å². The van der Waals surface area contributed by atoms with Crippen molar-refractivity contribution in [3.05, 3.63) is 39.6 Å². The van der Waals surface area contributed by atoms with Gasteiger partial charge in [-0.3, -0.25) is 15.0 Å². The van der Waals surface area contributed by atoms with E-state index >= 15 is 0 Å². The highest BCUT2D eigenvalue weighted by molar-refractivity contribution is 7.73. The van der Waals surface area contributed by atoms with Gasteiger partial charge in [-0.1, -0.05) is 29.5 Å². The Hall–Kier alpha value is -2.37. The van der Waals surface area contributed by atoms with Crippen LogP contribution in [0.5, 0.6) is 0 Å². The average Bonchev–Trinajstić information content (AvgIpc) is 3.08. The summed E-state index contributed by atoms with van der Waals surface area (Å²) in [6, 6.07) is 6.61. The number of halogens is 1. The van der Waals surface area contributed by atoms with E-state index in [1.165, 1.54) is 17.4 Å². The Morgan fingerprint density at radius 2 is 2.06 bits per heavy atom. The van der Waals surface area contributed by atoms with Gasteiger partial charge in [0.1, 0.15) is 5.82 Å². The lowest BCUT2D eigenvalue weighted by Gasteiger charge is -2.30. The molecule has 31 heavy (non-hydrogen) atoms. The number of piperidine rings is 1. The molecule has 2 heterocycles. The molecule has 1 saturated heterocycles. The highest BCUT2D eigenvalue weighted by atomic mass is 32.1. The molecule has 2 N–H and O–H groups in total. The van der Waals surface area contributed by atoms with Gasteiger partial charge >= 0.3 is 6.09 Å². The highest BCUT2D eigenvalue weighted by Crippen LogP contribution is 2.20. The molecule has 1 aromatic heterocycles. The fourth-order valence-electron chi connectivity index (χ4n) is 3.39. The molecule has 2 amide bonds. The summed E-state index contributed by atoms with van der Waals surface area (Å²) in [6.45, 7) is 4.42. The first kappa shape index (κ1) is 23.3. The maximum absolute atomic E-state index is 13.7. The van der Waals surface area contributed by atoms with Crippen LogP contribution in [0.25, 0.3) is 0 Å². The van der Waals surface area contributed by atoms with E-state index in [0.29, 0.717) is 34.3 Å². The maximum Gasteiger partial charge on any atom is 0.413 e. The van der Waals surface area contributed by atoms with Crippen LogP contribution in [0.15, 0.2) is 24.3 Å². The van der Waals surface area contributed by atoms with Gasteiger partial charge in [0.15, 0.2) is 3.95 Å². The van der Waals surface area contributed by atoms with Crippen LogP contribution in [0.4, 0.5) is 14.3 Å². The summed E-state index contributed by atoms with van der Waals surface area (Å²) in [7, 11) is 0. The second-order valence-corrected chi connectivity index (χ2v) is 8.81. The molecule has 1 aliphatic rings. The molecule has 2 aromatic rings. The molecule has 1 aliphatic heterocycles. The molecule has 11 heteroatoms. The Bertz CT molecular complexity index is 956. The topological polar surface area (TPSA) is 88.5 Å². The Morgan fingerprint density at radius 3 is 2.77 bits per heavy atom. The number of benzene rings is 1. The van der Waals surface area contributed by atoms with Gasteiger partial charge in [-0.15, -0.1) is 5.10 Å². The van der Waals surface area contributed by atoms with Crippen molar-refractivity contribution in [3.63, 3.8) is 0 Å². The molecule has 0 bridgehead atoms.